The van der Waals surface area contributed by atoms with Crippen molar-refractivity contribution in [2.75, 3.05) is 17.7 Å². The van der Waals surface area contributed by atoms with E-state index < -0.39 is 0 Å². The molecule has 0 aliphatic carbocycles. The highest BCUT2D eigenvalue weighted by atomic mass is 32.2. The third-order valence-electron chi connectivity index (χ3n) is 4.17. The number of nitrogens with one attached hydrogen (secondary N) is 1. The largest absolute Gasteiger partial charge is 0.466 e. The molecule has 0 unspecified atom stereocenters. The molecular formula is C21H19N5O5S2. The average molecular weight is 486 g/mol. The maximum Gasteiger partial charge on any atom is 0.311 e. The number of hydrogen-bond acceptors (Lipinski definition) is 11. The van der Waals surface area contributed by atoms with Gasteiger partial charge in [-0.25, -0.2) is 9.97 Å². The Balaban J connectivity index is 1.33. The van der Waals surface area contributed by atoms with E-state index in [2.05, 4.69) is 25.5 Å². The van der Waals surface area contributed by atoms with Crippen LogP contribution in [0.5, 0.6) is 0 Å². The second kappa shape index (κ2) is 10.9. The van der Waals surface area contributed by atoms with Crippen LogP contribution in [0.15, 0.2) is 56.2 Å². The molecule has 0 aliphatic rings. The van der Waals surface area contributed by atoms with Gasteiger partial charge in [-0.1, -0.05) is 11.8 Å². The lowest BCUT2D eigenvalue weighted by atomic mass is 10.2. The number of thiazole rings is 1. The van der Waals surface area contributed by atoms with Crippen LogP contribution in [-0.2, 0) is 20.7 Å². The van der Waals surface area contributed by atoms with Crippen LogP contribution in [0.3, 0.4) is 0 Å². The standard InChI is InChI=1S/C21H19N5O5S2/c1-2-29-17(28)11-13-12-33-20(22-13)23-16(27)7-10-32-21-24-18(14-5-3-8-30-14)19(25-26-21)15-6-4-9-31-15/h3-6,8-9,12H,2,7,10-11H2,1H3,(H,22,23,27). The number of anilines is 1. The Morgan fingerprint density at radius 1 is 1.09 bits per heavy atom. The van der Waals surface area contributed by atoms with Gasteiger partial charge >= 0.3 is 5.97 Å². The molecule has 0 saturated heterocycles. The second-order valence-corrected chi connectivity index (χ2v) is 8.44. The number of thioether (sulfide) groups is 1. The molecular weight excluding hydrogens is 466 g/mol. The van der Waals surface area contributed by atoms with E-state index in [1.807, 2.05) is 0 Å². The molecule has 4 aromatic rings. The lowest BCUT2D eigenvalue weighted by molar-refractivity contribution is -0.142. The molecule has 10 nitrogen and oxygen atoms in total. The minimum absolute atomic E-state index is 0.0758. The summed E-state index contributed by atoms with van der Waals surface area (Å²) in [6.45, 7) is 2.06. The Hall–Kier alpha value is -3.51. The van der Waals surface area contributed by atoms with Crippen molar-refractivity contribution < 1.29 is 23.2 Å². The van der Waals surface area contributed by atoms with Gasteiger partial charge in [0, 0.05) is 17.6 Å². The van der Waals surface area contributed by atoms with Gasteiger partial charge in [-0.15, -0.1) is 21.5 Å². The molecule has 4 rings (SSSR count). The van der Waals surface area contributed by atoms with Gasteiger partial charge in [-0.2, -0.15) is 0 Å². The number of nitrogens with zero attached hydrogens (tertiary/aromatic N) is 4. The van der Waals surface area contributed by atoms with Gasteiger partial charge in [0.05, 0.1) is 31.2 Å². The van der Waals surface area contributed by atoms with Crippen molar-refractivity contribution in [3.8, 4) is 22.9 Å². The van der Waals surface area contributed by atoms with E-state index >= 15 is 0 Å². The maximum atomic E-state index is 12.3. The Morgan fingerprint density at radius 3 is 2.55 bits per heavy atom. The molecule has 0 atom stereocenters. The third kappa shape index (κ3) is 6.05. The number of aromatic nitrogens is 4. The fourth-order valence-corrected chi connectivity index (χ4v) is 4.21. The predicted molar refractivity (Wildman–Crippen MR) is 122 cm³/mol. The molecule has 0 saturated carbocycles. The number of amides is 1. The molecule has 0 spiro atoms. The fourth-order valence-electron chi connectivity index (χ4n) is 2.76. The Labute approximate surface area is 196 Å². The molecule has 170 valence electrons. The molecule has 1 N–H and O–H groups in total. The van der Waals surface area contributed by atoms with E-state index in [1.54, 1.807) is 49.1 Å². The zero-order chi connectivity index (χ0) is 23.0. The smallest absolute Gasteiger partial charge is 0.311 e. The van der Waals surface area contributed by atoms with E-state index in [9.17, 15) is 9.59 Å². The quantitative estimate of drug-likeness (QED) is 0.259. The van der Waals surface area contributed by atoms with Crippen molar-refractivity contribution in [1.82, 2.24) is 20.2 Å². The van der Waals surface area contributed by atoms with Crippen LogP contribution >= 0.6 is 23.1 Å². The lowest BCUT2D eigenvalue weighted by Crippen LogP contribution is -2.12. The monoisotopic (exact) mass is 485 g/mol. The van der Waals surface area contributed by atoms with Gasteiger partial charge in [0.1, 0.15) is 5.69 Å². The maximum absolute atomic E-state index is 12.3. The number of esters is 1. The number of ether oxygens (including phenoxy) is 1. The highest BCUT2D eigenvalue weighted by molar-refractivity contribution is 7.99. The second-order valence-electron chi connectivity index (χ2n) is 6.52. The molecule has 4 heterocycles. The molecule has 0 aliphatic heterocycles. The van der Waals surface area contributed by atoms with Crippen molar-refractivity contribution >= 4 is 40.1 Å². The first-order valence-electron chi connectivity index (χ1n) is 9.97. The molecule has 0 aromatic carbocycles. The topological polar surface area (TPSA) is 133 Å². The van der Waals surface area contributed by atoms with E-state index in [4.69, 9.17) is 13.6 Å². The molecule has 1 amide bonds. The first-order chi connectivity index (χ1) is 16.1. The zero-order valence-electron chi connectivity index (χ0n) is 17.5. The van der Waals surface area contributed by atoms with Crippen LogP contribution in [0.4, 0.5) is 5.13 Å². The number of rotatable bonds is 10. The summed E-state index contributed by atoms with van der Waals surface area (Å²) >= 11 is 2.56. The van der Waals surface area contributed by atoms with Crippen LogP contribution < -0.4 is 5.32 Å². The molecule has 33 heavy (non-hydrogen) atoms. The van der Waals surface area contributed by atoms with Crippen molar-refractivity contribution in [3.63, 3.8) is 0 Å². The van der Waals surface area contributed by atoms with Crippen LogP contribution in [0.2, 0.25) is 0 Å². The van der Waals surface area contributed by atoms with Crippen LogP contribution in [0.1, 0.15) is 19.0 Å². The van der Waals surface area contributed by atoms with Crippen LogP contribution in [0.25, 0.3) is 22.9 Å². The summed E-state index contributed by atoms with van der Waals surface area (Å²) in [6.07, 6.45) is 3.40. The molecule has 4 aromatic heterocycles. The van der Waals surface area contributed by atoms with E-state index in [0.29, 0.717) is 51.3 Å². The molecule has 12 heteroatoms. The molecule has 0 radical (unpaired) electrons. The highest BCUT2D eigenvalue weighted by Crippen LogP contribution is 2.30. The van der Waals surface area contributed by atoms with Gasteiger partial charge < -0.3 is 18.9 Å². The number of carbonyl (C=O) groups excluding carboxylic acids is 2. The Morgan fingerprint density at radius 2 is 1.85 bits per heavy atom. The van der Waals surface area contributed by atoms with Crippen molar-refractivity contribution in [3.05, 3.63) is 47.9 Å². The Bertz CT molecular complexity index is 1210. The van der Waals surface area contributed by atoms with Gasteiger partial charge in [0.15, 0.2) is 22.3 Å². The summed E-state index contributed by atoms with van der Waals surface area (Å²) in [5.74, 6) is 0.955. The number of carbonyl (C=O) groups is 2. The van der Waals surface area contributed by atoms with Gasteiger partial charge in [-0.05, 0) is 31.2 Å². The predicted octanol–water partition coefficient (Wildman–Crippen LogP) is 4.07. The summed E-state index contributed by atoms with van der Waals surface area (Å²) in [5, 5.41) is 13.7. The Kier molecular flexibility index (Phi) is 7.47. The molecule has 0 bridgehead atoms. The van der Waals surface area contributed by atoms with Gasteiger partial charge in [0.25, 0.3) is 0 Å². The lowest BCUT2D eigenvalue weighted by Gasteiger charge is -2.05. The van der Waals surface area contributed by atoms with E-state index in [0.717, 1.165) is 0 Å². The first kappa shape index (κ1) is 22.7. The van der Waals surface area contributed by atoms with Gasteiger partial charge in [0.2, 0.25) is 11.1 Å². The highest BCUT2D eigenvalue weighted by Gasteiger charge is 2.18. The minimum atomic E-state index is -0.349. The zero-order valence-corrected chi connectivity index (χ0v) is 19.1. The minimum Gasteiger partial charge on any atom is -0.466 e. The number of hydrogen-bond donors (Lipinski definition) is 1. The number of furan rings is 2. The van der Waals surface area contributed by atoms with Crippen LogP contribution in [-0.4, -0.2) is 44.4 Å². The van der Waals surface area contributed by atoms with Crippen molar-refractivity contribution in [2.45, 2.75) is 24.9 Å². The van der Waals surface area contributed by atoms with Gasteiger partial charge in [-0.3, -0.25) is 9.59 Å². The fraction of sp³-hybridized carbons (Fsp3) is 0.238. The molecule has 0 fully saturated rings. The average Bonchev–Trinajstić information content (AvgIpc) is 3.57. The first-order valence-corrected chi connectivity index (χ1v) is 11.8. The van der Waals surface area contributed by atoms with E-state index in [1.165, 1.54) is 23.1 Å². The summed E-state index contributed by atoms with van der Waals surface area (Å²) in [5.41, 5.74) is 1.54. The van der Waals surface area contributed by atoms with E-state index in [-0.39, 0.29) is 24.7 Å². The summed E-state index contributed by atoms with van der Waals surface area (Å²) in [6, 6.07) is 7.07. The SMILES string of the molecule is CCOC(=O)Cc1csc(NC(=O)CCSc2nnc(-c3ccco3)c(-c3ccco3)n2)n1. The van der Waals surface area contributed by atoms with Crippen molar-refractivity contribution in [1.29, 1.82) is 0 Å². The summed E-state index contributed by atoms with van der Waals surface area (Å²) in [7, 11) is 0. The normalized spacial score (nSPS) is 10.8. The summed E-state index contributed by atoms with van der Waals surface area (Å²) < 4.78 is 15.8. The van der Waals surface area contributed by atoms with Crippen LogP contribution in [0, 0.1) is 0 Å². The summed E-state index contributed by atoms with van der Waals surface area (Å²) in [4.78, 5) is 32.6. The van der Waals surface area contributed by atoms with Crippen molar-refractivity contribution in [2.24, 2.45) is 0 Å². The third-order valence-corrected chi connectivity index (χ3v) is 5.81.